The van der Waals surface area contributed by atoms with Gasteiger partial charge in [-0.15, -0.1) is 10.2 Å². The third-order valence-electron chi connectivity index (χ3n) is 3.69. The molecule has 0 saturated heterocycles. The maximum atomic E-state index is 6.28. The second kappa shape index (κ2) is 10.9. The molecule has 0 aliphatic carbocycles. The van der Waals surface area contributed by atoms with Gasteiger partial charge in [0.05, 0.1) is 24.5 Å². The van der Waals surface area contributed by atoms with Crippen molar-refractivity contribution >= 4 is 58.3 Å². The second-order valence-corrected chi connectivity index (χ2v) is 12.7. The van der Waals surface area contributed by atoms with Gasteiger partial charge in [-0.2, -0.15) is 9.78 Å². The SMILES string of the molecule is CCOP(=S)(OCC)Sc1nnc(-c2ccccc2)n1/N=C/c1ccc(Cl)cc1Cl. The first-order chi connectivity index (χ1) is 14.5. The van der Waals surface area contributed by atoms with Crippen LogP contribution in [0.25, 0.3) is 11.4 Å². The van der Waals surface area contributed by atoms with Crippen molar-refractivity contribution in [1.29, 1.82) is 0 Å². The topological polar surface area (TPSA) is 61.5 Å². The summed E-state index contributed by atoms with van der Waals surface area (Å²) < 4.78 is 13.1. The number of hydrogen-bond acceptors (Lipinski definition) is 7. The van der Waals surface area contributed by atoms with Gasteiger partial charge in [0, 0.05) is 27.5 Å². The Labute approximate surface area is 194 Å². The van der Waals surface area contributed by atoms with E-state index in [1.165, 1.54) is 11.4 Å². The number of halogens is 2. The molecule has 0 amide bonds. The average molecular weight is 501 g/mol. The van der Waals surface area contributed by atoms with Crippen molar-refractivity contribution in [3.8, 4) is 11.4 Å². The van der Waals surface area contributed by atoms with E-state index in [0.29, 0.717) is 39.8 Å². The van der Waals surface area contributed by atoms with Crippen LogP contribution in [0.2, 0.25) is 10.0 Å². The van der Waals surface area contributed by atoms with Gasteiger partial charge >= 0.3 is 0 Å². The van der Waals surface area contributed by atoms with Crippen LogP contribution in [-0.2, 0) is 20.9 Å². The van der Waals surface area contributed by atoms with Gasteiger partial charge in [0.15, 0.2) is 5.82 Å². The Bertz CT molecular complexity index is 1070. The van der Waals surface area contributed by atoms with Gasteiger partial charge < -0.3 is 9.05 Å². The van der Waals surface area contributed by atoms with E-state index in [9.17, 15) is 0 Å². The molecule has 0 atom stereocenters. The van der Waals surface area contributed by atoms with Gasteiger partial charge in [-0.25, -0.2) is 0 Å². The lowest BCUT2D eigenvalue weighted by Crippen LogP contribution is -1.99. The van der Waals surface area contributed by atoms with Crippen LogP contribution < -0.4 is 0 Å². The zero-order chi connectivity index (χ0) is 21.6. The Hall–Kier alpha value is -1.25. The maximum Gasteiger partial charge on any atom is 0.255 e. The fraction of sp³-hybridized carbons (Fsp3) is 0.211. The minimum atomic E-state index is -2.65. The highest BCUT2D eigenvalue weighted by Crippen LogP contribution is 2.63. The first kappa shape index (κ1) is 23.4. The molecule has 3 aromatic rings. The van der Waals surface area contributed by atoms with Gasteiger partial charge in [-0.1, -0.05) is 59.6 Å². The third-order valence-corrected chi connectivity index (χ3v) is 9.14. The fourth-order valence-corrected chi connectivity index (χ4v) is 7.31. The quantitative estimate of drug-likeness (QED) is 0.246. The Morgan fingerprint density at radius 3 is 2.43 bits per heavy atom. The smallest absolute Gasteiger partial charge is 0.255 e. The molecular formula is C19H19Cl2N4O2PS2. The summed E-state index contributed by atoms with van der Waals surface area (Å²) in [6.45, 7) is 4.63. The predicted molar refractivity (Wildman–Crippen MR) is 128 cm³/mol. The monoisotopic (exact) mass is 500 g/mol. The van der Waals surface area contributed by atoms with Crippen molar-refractivity contribution in [1.82, 2.24) is 14.9 Å². The van der Waals surface area contributed by atoms with Crippen LogP contribution in [0, 0.1) is 0 Å². The van der Waals surface area contributed by atoms with Crippen molar-refractivity contribution in [2.24, 2.45) is 5.10 Å². The molecule has 158 valence electrons. The second-order valence-electron chi connectivity index (χ2n) is 5.77. The highest BCUT2D eigenvalue weighted by Gasteiger charge is 2.25. The summed E-state index contributed by atoms with van der Waals surface area (Å²) in [5.41, 5.74) is -1.08. The number of nitrogens with zero attached hydrogens (tertiary/aromatic N) is 4. The largest absolute Gasteiger partial charge is 0.322 e. The van der Waals surface area contributed by atoms with Crippen molar-refractivity contribution in [2.75, 3.05) is 13.2 Å². The molecule has 0 N–H and O–H groups in total. The summed E-state index contributed by atoms with van der Waals surface area (Å²) in [6, 6.07) is 14.8. The lowest BCUT2D eigenvalue weighted by Gasteiger charge is -2.18. The molecule has 3 rings (SSSR count). The summed E-state index contributed by atoms with van der Waals surface area (Å²) in [7, 11) is 0. The first-order valence-electron chi connectivity index (χ1n) is 9.04. The number of benzene rings is 2. The normalized spacial score (nSPS) is 12.0. The van der Waals surface area contributed by atoms with Gasteiger partial charge in [0.2, 0.25) is 5.16 Å². The highest BCUT2D eigenvalue weighted by molar-refractivity contribution is 8.67. The van der Waals surface area contributed by atoms with E-state index in [1.807, 2.05) is 44.2 Å². The van der Waals surface area contributed by atoms with Crippen LogP contribution in [0.4, 0.5) is 0 Å². The number of aromatic nitrogens is 3. The molecule has 2 aromatic carbocycles. The summed E-state index contributed by atoms with van der Waals surface area (Å²) in [5, 5.41) is 14.7. The van der Waals surface area contributed by atoms with Crippen LogP contribution in [0.5, 0.6) is 0 Å². The molecular weight excluding hydrogens is 482 g/mol. The van der Waals surface area contributed by atoms with E-state index in [-0.39, 0.29) is 0 Å². The molecule has 0 bridgehead atoms. The molecule has 0 unspecified atom stereocenters. The molecule has 0 spiro atoms. The van der Waals surface area contributed by atoms with Crippen LogP contribution in [0.1, 0.15) is 19.4 Å². The van der Waals surface area contributed by atoms with Crippen molar-refractivity contribution in [3.63, 3.8) is 0 Å². The number of hydrogen-bond donors (Lipinski definition) is 0. The van der Waals surface area contributed by atoms with Crippen molar-refractivity contribution < 1.29 is 9.05 Å². The molecule has 11 heteroatoms. The van der Waals surface area contributed by atoms with E-state index >= 15 is 0 Å². The fourth-order valence-electron chi connectivity index (χ4n) is 2.43. The lowest BCUT2D eigenvalue weighted by molar-refractivity contribution is 0.280. The standard InChI is InChI=1S/C19H19Cl2N4O2PS2/c1-3-26-28(29,27-4-2)30-19-24-23-18(14-8-6-5-7-9-14)25(19)22-13-15-10-11-16(20)12-17(15)21/h5-13H,3-4H2,1-2H3/b22-13+. The number of rotatable bonds is 9. The first-order valence-corrected chi connectivity index (χ1v) is 13.9. The summed E-state index contributed by atoms with van der Waals surface area (Å²) >= 11 is 19.1. The Kier molecular flexibility index (Phi) is 8.48. The Morgan fingerprint density at radius 1 is 1.10 bits per heavy atom. The molecule has 0 radical (unpaired) electrons. The Morgan fingerprint density at radius 2 is 1.80 bits per heavy atom. The highest BCUT2D eigenvalue weighted by atomic mass is 35.5. The van der Waals surface area contributed by atoms with Gasteiger partial charge in [0.25, 0.3) is 5.69 Å². The van der Waals surface area contributed by atoms with E-state index in [4.69, 9.17) is 44.1 Å². The van der Waals surface area contributed by atoms with E-state index in [2.05, 4.69) is 15.3 Å². The molecule has 1 aromatic heterocycles. The summed E-state index contributed by atoms with van der Waals surface area (Å²) in [4.78, 5) is 0. The maximum absolute atomic E-state index is 6.28. The van der Waals surface area contributed by atoms with Crippen LogP contribution in [0.15, 0.2) is 58.8 Å². The van der Waals surface area contributed by atoms with Gasteiger partial charge in [0.1, 0.15) is 0 Å². The average Bonchev–Trinajstić information content (AvgIpc) is 3.10. The zero-order valence-corrected chi connectivity index (χ0v) is 20.3. The van der Waals surface area contributed by atoms with E-state index in [1.54, 1.807) is 29.1 Å². The van der Waals surface area contributed by atoms with Crippen LogP contribution >= 0.6 is 40.3 Å². The molecule has 0 aliphatic rings. The third kappa shape index (κ3) is 5.92. The van der Waals surface area contributed by atoms with Crippen LogP contribution in [0.3, 0.4) is 0 Å². The predicted octanol–water partition coefficient (Wildman–Crippen LogP) is 6.52. The zero-order valence-electron chi connectivity index (χ0n) is 16.2. The molecule has 0 saturated carbocycles. The van der Waals surface area contributed by atoms with Crippen LogP contribution in [-0.4, -0.2) is 34.3 Å². The van der Waals surface area contributed by atoms with Crippen molar-refractivity contribution in [2.45, 2.75) is 19.0 Å². The molecule has 6 nitrogen and oxygen atoms in total. The molecule has 1 heterocycles. The summed E-state index contributed by atoms with van der Waals surface area (Å²) in [5.74, 6) is 0.564. The molecule has 30 heavy (non-hydrogen) atoms. The lowest BCUT2D eigenvalue weighted by atomic mass is 10.2. The van der Waals surface area contributed by atoms with E-state index in [0.717, 1.165) is 5.56 Å². The molecule has 0 aliphatic heterocycles. The van der Waals surface area contributed by atoms with E-state index < -0.39 is 5.69 Å². The minimum absolute atomic E-state index is 0.438. The minimum Gasteiger partial charge on any atom is -0.322 e. The Balaban J connectivity index is 2.04. The molecule has 0 fully saturated rings. The van der Waals surface area contributed by atoms with Gasteiger partial charge in [-0.3, -0.25) is 0 Å². The summed E-state index contributed by atoms with van der Waals surface area (Å²) in [6.07, 6.45) is 1.63. The van der Waals surface area contributed by atoms with Gasteiger partial charge in [-0.05, 0) is 37.8 Å². The van der Waals surface area contributed by atoms with Crippen molar-refractivity contribution in [3.05, 3.63) is 64.1 Å².